The highest BCUT2D eigenvalue weighted by Crippen LogP contribution is 2.38. The van der Waals surface area contributed by atoms with Crippen LogP contribution in [0.4, 0.5) is 11.9 Å². The fourth-order valence-corrected chi connectivity index (χ4v) is 3.40. The molecule has 2 fully saturated rings. The van der Waals surface area contributed by atoms with Crippen LogP contribution in [-0.2, 0) is 0 Å². The Labute approximate surface area is 116 Å². The minimum Gasteiger partial charge on any atom is -0.368 e. The van der Waals surface area contributed by atoms with Crippen LogP contribution in [0.5, 0.6) is 0 Å². The van der Waals surface area contributed by atoms with Gasteiger partial charge >= 0.3 is 0 Å². The number of aromatic nitrogens is 5. The van der Waals surface area contributed by atoms with E-state index >= 15 is 0 Å². The van der Waals surface area contributed by atoms with Crippen molar-refractivity contribution in [2.75, 3.05) is 23.7 Å². The third-order valence-corrected chi connectivity index (χ3v) is 4.37. The maximum Gasteiger partial charge on any atom is 0.241 e. The third kappa shape index (κ3) is 1.90. The third-order valence-electron chi connectivity index (χ3n) is 4.37. The van der Waals surface area contributed by atoms with Gasteiger partial charge in [-0.2, -0.15) is 15.0 Å². The second-order valence-corrected chi connectivity index (χ2v) is 5.62. The number of rotatable bonds is 2. The lowest BCUT2D eigenvalue weighted by molar-refractivity contribution is 0.494. The number of fused-ring (bicyclic) bond motifs is 1. The number of nitrogen functional groups attached to an aromatic ring is 1. The number of hydrogen-bond donors (Lipinski definition) is 1. The van der Waals surface area contributed by atoms with E-state index in [-0.39, 0.29) is 5.95 Å². The molecule has 3 heterocycles. The van der Waals surface area contributed by atoms with Gasteiger partial charge in [-0.15, -0.1) is 0 Å². The Morgan fingerprint density at radius 1 is 1.05 bits per heavy atom. The summed E-state index contributed by atoms with van der Waals surface area (Å²) in [5.74, 6) is 3.07. The van der Waals surface area contributed by atoms with Gasteiger partial charge in [0, 0.05) is 25.5 Å². The van der Waals surface area contributed by atoms with E-state index in [9.17, 15) is 0 Å². The topological polar surface area (TPSA) is 85.8 Å². The molecule has 7 heteroatoms. The van der Waals surface area contributed by atoms with Crippen molar-refractivity contribution in [3.8, 4) is 5.95 Å². The second kappa shape index (κ2) is 4.43. The molecule has 0 bridgehead atoms. The van der Waals surface area contributed by atoms with Crippen molar-refractivity contribution in [3.05, 3.63) is 18.7 Å². The normalized spacial score (nSPS) is 25.1. The molecule has 2 aliphatic rings. The van der Waals surface area contributed by atoms with Crippen LogP contribution in [0.2, 0.25) is 0 Å². The second-order valence-electron chi connectivity index (χ2n) is 5.62. The number of imidazole rings is 1. The summed E-state index contributed by atoms with van der Waals surface area (Å²) in [7, 11) is 0. The Kier molecular flexibility index (Phi) is 2.58. The van der Waals surface area contributed by atoms with Crippen molar-refractivity contribution < 1.29 is 0 Å². The van der Waals surface area contributed by atoms with Crippen molar-refractivity contribution in [2.24, 2.45) is 11.8 Å². The number of anilines is 2. The van der Waals surface area contributed by atoms with Crippen LogP contribution < -0.4 is 10.6 Å². The van der Waals surface area contributed by atoms with Gasteiger partial charge in [-0.3, -0.25) is 4.57 Å². The van der Waals surface area contributed by atoms with Gasteiger partial charge in [-0.05, 0) is 24.7 Å². The summed E-state index contributed by atoms with van der Waals surface area (Å²) in [6, 6.07) is 0. The first-order chi connectivity index (χ1) is 9.79. The number of nitrogens with zero attached hydrogens (tertiary/aromatic N) is 6. The molecule has 2 aromatic rings. The van der Waals surface area contributed by atoms with Crippen LogP contribution >= 0.6 is 0 Å². The van der Waals surface area contributed by atoms with Gasteiger partial charge in [0.05, 0.1) is 0 Å². The fourth-order valence-electron chi connectivity index (χ4n) is 3.40. The van der Waals surface area contributed by atoms with Gasteiger partial charge in [-0.1, -0.05) is 6.42 Å². The molecule has 1 saturated carbocycles. The van der Waals surface area contributed by atoms with Crippen molar-refractivity contribution in [2.45, 2.75) is 19.3 Å². The molecule has 20 heavy (non-hydrogen) atoms. The van der Waals surface area contributed by atoms with Gasteiger partial charge in [0.1, 0.15) is 6.33 Å². The van der Waals surface area contributed by atoms with E-state index < -0.39 is 0 Å². The van der Waals surface area contributed by atoms with Crippen molar-refractivity contribution >= 4 is 11.9 Å². The summed E-state index contributed by atoms with van der Waals surface area (Å²) < 4.78 is 1.75. The van der Waals surface area contributed by atoms with Gasteiger partial charge in [0.25, 0.3) is 0 Å². The summed E-state index contributed by atoms with van der Waals surface area (Å²) in [5, 5.41) is 0. The molecule has 4 rings (SSSR count). The van der Waals surface area contributed by atoms with Crippen molar-refractivity contribution in [3.63, 3.8) is 0 Å². The Bertz CT molecular complexity index is 597. The van der Waals surface area contributed by atoms with Gasteiger partial charge < -0.3 is 10.6 Å². The van der Waals surface area contributed by atoms with Crippen LogP contribution in [0, 0.1) is 11.8 Å². The smallest absolute Gasteiger partial charge is 0.241 e. The molecular formula is C13H17N7. The Morgan fingerprint density at radius 2 is 1.80 bits per heavy atom. The molecule has 104 valence electrons. The van der Waals surface area contributed by atoms with Crippen LogP contribution in [0.15, 0.2) is 18.7 Å². The van der Waals surface area contributed by atoms with Gasteiger partial charge in [0.15, 0.2) is 0 Å². The number of hydrogen-bond acceptors (Lipinski definition) is 6. The summed E-state index contributed by atoms with van der Waals surface area (Å²) >= 11 is 0. The standard InChI is InChI=1S/C13H17N7/c14-11-16-12(19-5-4-15-8-19)18-13(17-11)20-6-9-2-1-3-10(9)7-20/h4-5,8-10H,1-3,6-7H2,(H2,14,16,17,18). The van der Waals surface area contributed by atoms with Crippen molar-refractivity contribution in [1.29, 1.82) is 0 Å². The first-order valence-electron chi connectivity index (χ1n) is 7.04. The zero-order valence-corrected chi connectivity index (χ0v) is 11.2. The summed E-state index contributed by atoms with van der Waals surface area (Å²) in [5.41, 5.74) is 5.83. The minimum atomic E-state index is 0.260. The molecule has 0 amide bonds. The molecule has 1 aliphatic heterocycles. The van der Waals surface area contributed by atoms with Crippen LogP contribution in [-0.4, -0.2) is 37.6 Å². The molecule has 2 atom stereocenters. The van der Waals surface area contributed by atoms with E-state index in [0.29, 0.717) is 11.9 Å². The molecule has 2 N–H and O–H groups in total. The predicted octanol–water partition coefficient (Wildman–Crippen LogP) is 0.876. The molecule has 2 aromatic heterocycles. The Balaban J connectivity index is 1.65. The Hall–Kier alpha value is -2.18. The van der Waals surface area contributed by atoms with Crippen LogP contribution in [0.25, 0.3) is 5.95 Å². The first kappa shape index (κ1) is 11.6. The predicted molar refractivity (Wildman–Crippen MR) is 74.4 cm³/mol. The molecule has 1 aliphatic carbocycles. The van der Waals surface area contributed by atoms with Crippen LogP contribution in [0.1, 0.15) is 19.3 Å². The highest BCUT2D eigenvalue weighted by Gasteiger charge is 2.37. The maximum absolute atomic E-state index is 5.83. The lowest BCUT2D eigenvalue weighted by Crippen LogP contribution is -2.24. The minimum absolute atomic E-state index is 0.260. The fraction of sp³-hybridized carbons (Fsp3) is 0.538. The molecule has 2 unspecified atom stereocenters. The zero-order valence-electron chi connectivity index (χ0n) is 11.2. The highest BCUT2D eigenvalue weighted by molar-refractivity contribution is 5.39. The average Bonchev–Trinajstić information content (AvgIpc) is 3.14. The lowest BCUT2D eigenvalue weighted by Gasteiger charge is -2.17. The summed E-state index contributed by atoms with van der Waals surface area (Å²) in [6.45, 7) is 2.08. The van der Waals surface area contributed by atoms with Crippen LogP contribution in [0.3, 0.4) is 0 Å². The molecule has 1 saturated heterocycles. The Morgan fingerprint density at radius 3 is 2.50 bits per heavy atom. The largest absolute Gasteiger partial charge is 0.368 e. The van der Waals surface area contributed by atoms with E-state index in [0.717, 1.165) is 24.9 Å². The van der Waals surface area contributed by atoms with E-state index in [4.69, 9.17) is 5.73 Å². The molecule has 7 nitrogen and oxygen atoms in total. The molecule has 0 radical (unpaired) electrons. The quantitative estimate of drug-likeness (QED) is 0.872. The molecule has 0 aromatic carbocycles. The van der Waals surface area contributed by atoms with Crippen molar-refractivity contribution in [1.82, 2.24) is 24.5 Å². The molecular weight excluding hydrogens is 254 g/mol. The van der Waals surface area contributed by atoms with E-state index in [2.05, 4.69) is 24.8 Å². The monoisotopic (exact) mass is 271 g/mol. The maximum atomic E-state index is 5.83. The summed E-state index contributed by atoms with van der Waals surface area (Å²) in [6.07, 6.45) is 9.18. The van der Waals surface area contributed by atoms with E-state index in [1.54, 1.807) is 23.3 Å². The SMILES string of the molecule is Nc1nc(N2CC3CCCC3C2)nc(-n2ccnc2)n1. The number of nitrogens with two attached hydrogens (primary N) is 1. The zero-order chi connectivity index (χ0) is 13.5. The van der Waals surface area contributed by atoms with E-state index in [1.165, 1.54) is 19.3 Å². The molecule has 0 spiro atoms. The van der Waals surface area contributed by atoms with E-state index in [1.807, 2.05) is 0 Å². The van der Waals surface area contributed by atoms with Gasteiger partial charge in [-0.25, -0.2) is 4.98 Å². The van der Waals surface area contributed by atoms with Gasteiger partial charge in [0.2, 0.25) is 17.8 Å². The first-order valence-corrected chi connectivity index (χ1v) is 7.04. The highest BCUT2D eigenvalue weighted by atomic mass is 15.3. The lowest BCUT2D eigenvalue weighted by atomic mass is 10.0. The average molecular weight is 271 g/mol. The summed E-state index contributed by atoms with van der Waals surface area (Å²) in [4.78, 5) is 19.3.